The molecule has 0 aromatic carbocycles. The number of hydrogen-bond donors (Lipinski definition) is 0. The Bertz CT molecular complexity index is 206. The normalized spacial score (nSPS) is 28.4. The van der Waals surface area contributed by atoms with Gasteiger partial charge in [0.2, 0.25) is 0 Å². The van der Waals surface area contributed by atoms with Crippen LogP contribution in [0.2, 0.25) is 0 Å². The fourth-order valence-corrected chi connectivity index (χ4v) is 2.40. The van der Waals surface area contributed by atoms with Crippen LogP contribution in [0.25, 0.3) is 0 Å². The summed E-state index contributed by atoms with van der Waals surface area (Å²) in [5, 5.41) is 0. The Morgan fingerprint density at radius 3 is 1.40 bits per heavy atom. The van der Waals surface area contributed by atoms with E-state index in [2.05, 4.69) is 41.5 Å². The smallest absolute Gasteiger partial charge is 0.130 e. The molecule has 0 nitrogen and oxygen atoms in total. The van der Waals surface area contributed by atoms with Gasteiger partial charge in [0.1, 0.15) is 0 Å². The zero-order valence-corrected chi connectivity index (χ0v) is 14.0. The maximum atomic E-state index is 4.94. The summed E-state index contributed by atoms with van der Waals surface area (Å²) in [7, 11) is 0. The van der Waals surface area contributed by atoms with E-state index >= 15 is 0 Å². The summed E-state index contributed by atoms with van der Waals surface area (Å²) >= 11 is 14.8. The minimum absolute atomic E-state index is 0.502. The standard InChI is InChI=1S/C11H22.Cl3HSi/c1-9(2,3)7-11(6)8-10(11,4)5;1-4(2)3/h7-8H2,1-6H3;4H. The first-order chi connectivity index (χ1) is 6.40. The second kappa shape index (κ2) is 5.16. The van der Waals surface area contributed by atoms with Gasteiger partial charge in [-0.05, 0) is 29.1 Å². The molecule has 0 amide bonds. The topological polar surface area (TPSA) is 0 Å². The van der Waals surface area contributed by atoms with Gasteiger partial charge in [-0.15, -0.1) is 33.2 Å². The van der Waals surface area contributed by atoms with E-state index in [1.165, 1.54) is 12.8 Å². The highest BCUT2D eigenvalue weighted by molar-refractivity contribution is 7.54. The zero-order valence-electron chi connectivity index (χ0n) is 10.6. The van der Waals surface area contributed by atoms with E-state index in [1.807, 2.05) is 0 Å². The largest absolute Gasteiger partial charge is 0.326 e. The number of halogens is 3. The maximum Gasteiger partial charge on any atom is 0.326 e. The molecule has 0 heterocycles. The molecule has 1 atom stereocenters. The quantitative estimate of drug-likeness (QED) is 0.455. The summed E-state index contributed by atoms with van der Waals surface area (Å²) in [6, 6.07) is 0. The summed E-state index contributed by atoms with van der Waals surface area (Å²) in [5.41, 5.74) is 1.74. The third-order valence-electron chi connectivity index (χ3n) is 3.26. The lowest BCUT2D eigenvalue weighted by Crippen LogP contribution is -2.15. The molecular weight excluding hydrogens is 267 g/mol. The van der Waals surface area contributed by atoms with E-state index in [-0.39, 0.29) is 0 Å². The SMILES string of the molecule is CC(C)(C)CC1(C)CC1(C)C.Cl[SiH](Cl)Cl. The van der Waals surface area contributed by atoms with E-state index in [9.17, 15) is 0 Å². The Morgan fingerprint density at radius 2 is 1.33 bits per heavy atom. The van der Waals surface area contributed by atoms with Crippen molar-refractivity contribution in [3.63, 3.8) is 0 Å². The van der Waals surface area contributed by atoms with Gasteiger partial charge in [-0.2, -0.15) is 0 Å². The van der Waals surface area contributed by atoms with Gasteiger partial charge in [0.05, 0.1) is 0 Å². The highest BCUT2D eigenvalue weighted by atomic mass is 35.8. The lowest BCUT2D eigenvalue weighted by Gasteiger charge is -2.25. The molecule has 15 heavy (non-hydrogen) atoms. The van der Waals surface area contributed by atoms with Crippen LogP contribution < -0.4 is 0 Å². The van der Waals surface area contributed by atoms with Crippen molar-refractivity contribution in [2.45, 2.75) is 54.4 Å². The summed E-state index contributed by atoms with van der Waals surface area (Å²) in [6.45, 7) is 12.5. The van der Waals surface area contributed by atoms with Crippen LogP contribution in [-0.4, -0.2) is 6.73 Å². The van der Waals surface area contributed by atoms with Gasteiger partial charge in [-0.25, -0.2) is 0 Å². The fourth-order valence-electron chi connectivity index (χ4n) is 2.40. The van der Waals surface area contributed by atoms with E-state index in [1.54, 1.807) is 0 Å². The van der Waals surface area contributed by atoms with Crippen molar-refractivity contribution in [2.24, 2.45) is 16.2 Å². The summed E-state index contributed by atoms with van der Waals surface area (Å²) in [5.74, 6) is 0. The molecular formula is C11H23Cl3Si. The first kappa shape index (κ1) is 16.1. The van der Waals surface area contributed by atoms with Crippen LogP contribution in [0.4, 0.5) is 0 Å². The summed E-state index contributed by atoms with van der Waals surface area (Å²) < 4.78 is 0. The second-order valence-electron chi connectivity index (χ2n) is 6.61. The predicted octanol–water partition coefficient (Wildman–Crippen LogP) is 5.28. The molecule has 0 N–H and O–H groups in total. The molecule has 1 fully saturated rings. The van der Waals surface area contributed by atoms with Crippen LogP contribution in [-0.2, 0) is 0 Å². The van der Waals surface area contributed by atoms with Crippen LogP contribution in [0.1, 0.15) is 54.4 Å². The Morgan fingerprint density at radius 1 is 1.07 bits per heavy atom. The van der Waals surface area contributed by atoms with Crippen LogP contribution in [0.15, 0.2) is 0 Å². The van der Waals surface area contributed by atoms with Crippen molar-refractivity contribution in [3.8, 4) is 0 Å². The number of hydrogen-bond acceptors (Lipinski definition) is 0. The predicted molar refractivity (Wildman–Crippen MR) is 75.3 cm³/mol. The Kier molecular flexibility index (Phi) is 5.53. The number of rotatable bonds is 1. The van der Waals surface area contributed by atoms with E-state index in [0.717, 1.165) is 0 Å². The average Bonchev–Trinajstić information content (AvgIpc) is 2.21. The molecule has 0 radical (unpaired) electrons. The van der Waals surface area contributed by atoms with Crippen molar-refractivity contribution in [1.29, 1.82) is 0 Å². The molecule has 92 valence electrons. The Hall–Kier alpha value is 1.09. The van der Waals surface area contributed by atoms with Crippen LogP contribution in [0, 0.1) is 16.2 Å². The Balaban J connectivity index is 0.000000423. The van der Waals surface area contributed by atoms with Gasteiger partial charge in [-0.3, -0.25) is 0 Å². The first-order valence-corrected chi connectivity index (χ1v) is 10.6. The molecule has 1 aliphatic rings. The van der Waals surface area contributed by atoms with E-state index < -0.39 is 6.73 Å². The highest BCUT2D eigenvalue weighted by Crippen LogP contribution is 2.67. The third kappa shape index (κ3) is 6.40. The van der Waals surface area contributed by atoms with Crippen LogP contribution in [0.3, 0.4) is 0 Å². The molecule has 0 saturated heterocycles. The molecule has 1 rings (SSSR count). The highest BCUT2D eigenvalue weighted by Gasteiger charge is 2.57. The van der Waals surface area contributed by atoms with Gasteiger partial charge < -0.3 is 0 Å². The van der Waals surface area contributed by atoms with E-state index in [0.29, 0.717) is 16.2 Å². The van der Waals surface area contributed by atoms with Gasteiger partial charge in [0.25, 0.3) is 0 Å². The lowest BCUT2D eigenvalue weighted by atomic mass is 9.80. The molecule has 0 aromatic heterocycles. The second-order valence-corrected chi connectivity index (χ2v) is 13.0. The molecule has 1 saturated carbocycles. The fraction of sp³-hybridized carbons (Fsp3) is 1.00. The van der Waals surface area contributed by atoms with E-state index in [4.69, 9.17) is 33.2 Å². The third-order valence-corrected chi connectivity index (χ3v) is 3.26. The van der Waals surface area contributed by atoms with Crippen LogP contribution >= 0.6 is 33.2 Å². The maximum absolute atomic E-state index is 4.94. The summed E-state index contributed by atoms with van der Waals surface area (Å²) in [6.07, 6.45) is 2.78. The minimum Gasteiger partial charge on any atom is -0.130 e. The van der Waals surface area contributed by atoms with Crippen LogP contribution in [0.5, 0.6) is 0 Å². The van der Waals surface area contributed by atoms with Gasteiger partial charge >= 0.3 is 6.73 Å². The minimum atomic E-state index is -1.72. The Labute approximate surface area is 110 Å². The molecule has 0 bridgehead atoms. The van der Waals surface area contributed by atoms with Gasteiger partial charge in [0, 0.05) is 0 Å². The van der Waals surface area contributed by atoms with Crippen molar-refractivity contribution >= 4 is 40.0 Å². The molecule has 0 aliphatic heterocycles. The van der Waals surface area contributed by atoms with Crippen molar-refractivity contribution in [3.05, 3.63) is 0 Å². The van der Waals surface area contributed by atoms with Crippen molar-refractivity contribution < 1.29 is 0 Å². The van der Waals surface area contributed by atoms with Crippen molar-refractivity contribution in [1.82, 2.24) is 0 Å². The monoisotopic (exact) mass is 288 g/mol. The summed E-state index contributed by atoms with van der Waals surface area (Å²) in [4.78, 5) is 0. The molecule has 4 heteroatoms. The lowest BCUT2D eigenvalue weighted by molar-refractivity contribution is 0.252. The molecule has 1 aliphatic carbocycles. The van der Waals surface area contributed by atoms with Gasteiger partial charge in [-0.1, -0.05) is 41.5 Å². The zero-order chi connectivity index (χ0) is 12.5. The first-order valence-electron chi connectivity index (χ1n) is 5.32. The molecule has 0 aromatic rings. The molecule has 1 unspecified atom stereocenters. The van der Waals surface area contributed by atoms with Gasteiger partial charge in [0.15, 0.2) is 0 Å². The van der Waals surface area contributed by atoms with Crippen molar-refractivity contribution in [2.75, 3.05) is 0 Å². The molecule has 0 spiro atoms. The average molecular weight is 290 g/mol.